The van der Waals surface area contributed by atoms with Gasteiger partial charge in [0.25, 0.3) is 0 Å². The number of imidazole rings is 1. The summed E-state index contributed by atoms with van der Waals surface area (Å²) in [6.45, 7) is 7.06. The molecule has 0 aliphatic carbocycles. The molecule has 5 heteroatoms. The van der Waals surface area contributed by atoms with E-state index in [-0.39, 0.29) is 17.8 Å². The van der Waals surface area contributed by atoms with Gasteiger partial charge in [0.2, 0.25) is 0 Å². The van der Waals surface area contributed by atoms with Crippen molar-refractivity contribution in [1.29, 1.82) is 0 Å². The molecular weight excluding hydrogens is 266 g/mol. The van der Waals surface area contributed by atoms with Crippen LogP contribution in [0, 0.1) is 0 Å². The second-order valence-electron chi connectivity index (χ2n) is 5.36. The van der Waals surface area contributed by atoms with Crippen molar-refractivity contribution in [1.82, 2.24) is 9.13 Å². The molecule has 0 radical (unpaired) electrons. The molecule has 1 atom stereocenters. The van der Waals surface area contributed by atoms with Gasteiger partial charge in [0, 0.05) is 31.5 Å². The number of nitrogens with two attached hydrogens (primary N) is 1. The molecule has 0 saturated heterocycles. The molecule has 2 aromatic rings. The lowest BCUT2D eigenvalue weighted by molar-refractivity contribution is 0.242. The Hall–Kier alpha value is -2.01. The Bertz CT molecular complexity index is 626. The molecule has 0 bridgehead atoms. The largest absolute Gasteiger partial charge is 0.491 e. The molecule has 1 unspecified atom stereocenters. The highest BCUT2D eigenvalue weighted by molar-refractivity contribution is 5.29. The van der Waals surface area contributed by atoms with E-state index >= 15 is 0 Å². The topological polar surface area (TPSA) is 62.2 Å². The number of benzene rings is 1. The van der Waals surface area contributed by atoms with E-state index in [0.717, 1.165) is 11.3 Å². The van der Waals surface area contributed by atoms with Gasteiger partial charge in [-0.05, 0) is 38.5 Å². The number of aromatic nitrogens is 2. The lowest BCUT2D eigenvalue weighted by atomic mass is 10.1. The van der Waals surface area contributed by atoms with E-state index in [4.69, 9.17) is 10.5 Å². The summed E-state index contributed by atoms with van der Waals surface area (Å²) < 4.78 is 8.91. The highest BCUT2D eigenvalue weighted by atomic mass is 16.5. The summed E-state index contributed by atoms with van der Waals surface area (Å²) in [5, 5.41) is 0. The number of hydrogen-bond donors (Lipinski definition) is 1. The second-order valence-corrected chi connectivity index (χ2v) is 5.36. The fourth-order valence-corrected chi connectivity index (χ4v) is 2.22. The first-order valence-corrected chi connectivity index (χ1v) is 7.29. The molecular formula is C16H23N3O2. The van der Waals surface area contributed by atoms with Crippen molar-refractivity contribution >= 4 is 0 Å². The third-order valence-electron chi connectivity index (χ3n) is 3.33. The Morgan fingerprint density at radius 3 is 2.29 bits per heavy atom. The molecule has 0 aliphatic heterocycles. The van der Waals surface area contributed by atoms with Crippen LogP contribution in [-0.2, 0) is 13.1 Å². The summed E-state index contributed by atoms with van der Waals surface area (Å²) in [5.74, 6) is 0.829. The molecule has 1 heterocycles. The normalized spacial score (nSPS) is 12.6. The molecule has 2 rings (SSSR count). The van der Waals surface area contributed by atoms with Gasteiger partial charge in [0.05, 0.1) is 6.10 Å². The van der Waals surface area contributed by atoms with Crippen LogP contribution in [0.2, 0.25) is 0 Å². The van der Waals surface area contributed by atoms with Gasteiger partial charge in [-0.3, -0.25) is 9.13 Å². The highest BCUT2D eigenvalue weighted by Gasteiger charge is 2.10. The number of aryl methyl sites for hydroxylation is 1. The van der Waals surface area contributed by atoms with Crippen molar-refractivity contribution in [2.45, 2.75) is 46.0 Å². The summed E-state index contributed by atoms with van der Waals surface area (Å²) in [6, 6.07) is 7.50. The lowest BCUT2D eigenvalue weighted by Gasteiger charge is -2.14. The van der Waals surface area contributed by atoms with Crippen molar-refractivity contribution in [3.05, 3.63) is 52.7 Å². The fraction of sp³-hybridized carbons (Fsp3) is 0.438. The zero-order valence-corrected chi connectivity index (χ0v) is 12.8. The predicted molar refractivity (Wildman–Crippen MR) is 83.5 cm³/mol. The quantitative estimate of drug-likeness (QED) is 0.886. The first kappa shape index (κ1) is 15.4. The molecule has 1 aromatic heterocycles. The van der Waals surface area contributed by atoms with Crippen LogP contribution in [-0.4, -0.2) is 15.2 Å². The van der Waals surface area contributed by atoms with Gasteiger partial charge >= 0.3 is 5.69 Å². The van der Waals surface area contributed by atoms with Crippen LogP contribution in [0.3, 0.4) is 0 Å². The summed E-state index contributed by atoms with van der Waals surface area (Å²) in [6.07, 6.45) is 3.72. The van der Waals surface area contributed by atoms with Crippen LogP contribution >= 0.6 is 0 Å². The number of ether oxygens (including phenoxy) is 1. The van der Waals surface area contributed by atoms with Crippen LogP contribution in [0.1, 0.15) is 32.4 Å². The number of rotatable bonds is 6. The molecule has 0 saturated carbocycles. The number of nitrogens with zero attached hydrogens (tertiary/aromatic N) is 2. The third kappa shape index (κ3) is 3.76. The zero-order chi connectivity index (χ0) is 15.4. The first-order valence-electron chi connectivity index (χ1n) is 7.29. The first-order chi connectivity index (χ1) is 10.0. The summed E-state index contributed by atoms with van der Waals surface area (Å²) in [4.78, 5) is 12.0. The maximum Gasteiger partial charge on any atom is 0.328 e. The number of hydrogen-bond acceptors (Lipinski definition) is 3. The Balaban J connectivity index is 2.07. The molecule has 5 nitrogen and oxygen atoms in total. The van der Waals surface area contributed by atoms with E-state index in [1.807, 2.05) is 45.0 Å². The maximum absolute atomic E-state index is 12.0. The van der Waals surface area contributed by atoms with E-state index in [9.17, 15) is 4.79 Å². The standard InChI is InChI=1S/C16H23N3O2/c1-4-18-9-10-19(16(18)20)11-15(17)13-5-7-14(8-6-13)21-12(2)3/h5-10,12,15H,4,11,17H2,1-3H3. The smallest absolute Gasteiger partial charge is 0.328 e. The Morgan fingerprint density at radius 2 is 1.76 bits per heavy atom. The van der Waals surface area contributed by atoms with Crippen molar-refractivity contribution in [3.8, 4) is 5.75 Å². The van der Waals surface area contributed by atoms with Crippen molar-refractivity contribution in [2.75, 3.05) is 0 Å². The van der Waals surface area contributed by atoms with Gasteiger partial charge in [-0.1, -0.05) is 12.1 Å². The molecule has 114 valence electrons. The van der Waals surface area contributed by atoms with E-state index in [1.165, 1.54) is 0 Å². The van der Waals surface area contributed by atoms with Gasteiger partial charge < -0.3 is 10.5 Å². The van der Waals surface area contributed by atoms with Gasteiger partial charge in [-0.2, -0.15) is 0 Å². The third-order valence-corrected chi connectivity index (χ3v) is 3.33. The van der Waals surface area contributed by atoms with Gasteiger partial charge in [-0.25, -0.2) is 4.79 Å². The minimum absolute atomic E-state index is 0.0206. The van der Waals surface area contributed by atoms with Crippen LogP contribution in [0.15, 0.2) is 41.5 Å². The average Bonchev–Trinajstić information content (AvgIpc) is 2.79. The molecule has 0 amide bonds. The Kier molecular flexibility index (Phi) is 4.85. The second kappa shape index (κ2) is 6.63. The van der Waals surface area contributed by atoms with Crippen LogP contribution < -0.4 is 16.2 Å². The van der Waals surface area contributed by atoms with Gasteiger partial charge in [0.15, 0.2) is 0 Å². The monoisotopic (exact) mass is 289 g/mol. The van der Waals surface area contributed by atoms with E-state index in [1.54, 1.807) is 21.5 Å². The van der Waals surface area contributed by atoms with Gasteiger partial charge in [-0.15, -0.1) is 0 Å². The summed E-state index contributed by atoms with van der Waals surface area (Å²) >= 11 is 0. The Morgan fingerprint density at radius 1 is 1.14 bits per heavy atom. The fourth-order valence-electron chi connectivity index (χ4n) is 2.22. The van der Waals surface area contributed by atoms with Crippen molar-refractivity contribution < 1.29 is 4.74 Å². The molecule has 0 spiro atoms. The highest BCUT2D eigenvalue weighted by Crippen LogP contribution is 2.18. The molecule has 0 fully saturated rings. The molecule has 0 aliphatic rings. The van der Waals surface area contributed by atoms with E-state index in [2.05, 4.69) is 0 Å². The van der Waals surface area contributed by atoms with Crippen LogP contribution in [0.25, 0.3) is 0 Å². The minimum Gasteiger partial charge on any atom is -0.491 e. The van der Waals surface area contributed by atoms with Crippen molar-refractivity contribution in [2.24, 2.45) is 5.73 Å². The predicted octanol–water partition coefficient (Wildman–Crippen LogP) is 2.16. The average molecular weight is 289 g/mol. The van der Waals surface area contributed by atoms with Gasteiger partial charge in [0.1, 0.15) is 5.75 Å². The van der Waals surface area contributed by atoms with E-state index in [0.29, 0.717) is 13.1 Å². The molecule has 1 aromatic carbocycles. The zero-order valence-electron chi connectivity index (χ0n) is 12.8. The molecule has 2 N–H and O–H groups in total. The van der Waals surface area contributed by atoms with Crippen molar-refractivity contribution in [3.63, 3.8) is 0 Å². The van der Waals surface area contributed by atoms with Crippen LogP contribution in [0.5, 0.6) is 5.75 Å². The van der Waals surface area contributed by atoms with E-state index < -0.39 is 0 Å². The van der Waals surface area contributed by atoms with Crippen LogP contribution in [0.4, 0.5) is 0 Å². The summed E-state index contributed by atoms with van der Waals surface area (Å²) in [5.41, 5.74) is 7.16. The Labute approximate surface area is 125 Å². The SMILES string of the molecule is CCn1ccn(CC(N)c2ccc(OC(C)C)cc2)c1=O. The maximum atomic E-state index is 12.0. The molecule has 21 heavy (non-hydrogen) atoms. The summed E-state index contributed by atoms with van der Waals surface area (Å²) in [7, 11) is 0. The lowest BCUT2D eigenvalue weighted by Crippen LogP contribution is -2.28. The minimum atomic E-state index is -0.219.